The van der Waals surface area contributed by atoms with E-state index in [2.05, 4.69) is 18.3 Å². The Labute approximate surface area is 103 Å². The van der Waals surface area contributed by atoms with Crippen molar-refractivity contribution in [2.45, 2.75) is 34.1 Å². The monoisotopic (exact) mass is 235 g/mol. The molecule has 17 heavy (non-hydrogen) atoms. The van der Waals surface area contributed by atoms with E-state index in [4.69, 9.17) is 4.74 Å². The zero-order valence-electron chi connectivity index (χ0n) is 11.1. The lowest BCUT2D eigenvalue weighted by atomic mass is 10.1. The van der Waals surface area contributed by atoms with Crippen LogP contribution in [-0.2, 0) is 4.79 Å². The van der Waals surface area contributed by atoms with Crippen LogP contribution in [0.5, 0.6) is 5.75 Å². The molecule has 0 unspecified atom stereocenters. The molecule has 0 aliphatic rings. The molecule has 0 bridgehead atoms. The second kappa shape index (κ2) is 6.28. The van der Waals surface area contributed by atoms with Crippen molar-refractivity contribution in [3.05, 3.63) is 28.8 Å². The van der Waals surface area contributed by atoms with Crippen LogP contribution in [0.1, 0.15) is 30.0 Å². The fourth-order valence-corrected chi connectivity index (χ4v) is 1.55. The van der Waals surface area contributed by atoms with E-state index in [0.29, 0.717) is 6.54 Å². The number of ether oxygens (including phenoxy) is 1. The third kappa shape index (κ3) is 4.10. The molecule has 0 spiro atoms. The van der Waals surface area contributed by atoms with Crippen LogP contribution in [0.15, 0.2) is 12.1 Å². The number of rotatable bonds is 5. The summed E-state index contributed by atoms with van der Waals surface area (Å²) >= 11 is 0. The Balaban J connectivity index is 2.57. The van der Waals surface area contributed by atoms with Crippen molar-refractivity contribution in [2.75, 3.05) is 13.2 Å². The second-order valence-corrected chi connectivity index (χ2v) is 4.34. The van der Waals surface area contributed by atoms with Gasteiger partial charge in [-0.3, -0.25) is 4.79 Å². The first-order chi connectivity index (χ1) is 8.04. The fourth-order valence-electron chi connectivity index (χ4n) is 1.55. The highest BCUT2D eigenvalue weighted by molar-refractivity contribution is 5.77. The highest BCUT2D eigenvalue weighted by Crippen LogP contribution is 2.22. The number of benzene rings is 1. The molecule has 1 aromatic carbocycles. The lowest BCUT2D eigenvalue weighted by molar-refractivity contribution is -0.123. The maximum Gasteiger partial charge on any atom is 0.257 e. The van der Waals surface area contributed by atoms with E-state index in [1.54, 1.807) is 0 Å². The van der Waals surface area contributed by atoms with Crippen molar-refractivity contribution >= 4 is 5.91 Å². The lowest BCUT2D eigenvalue weighted by Gasteiger charge is -2.11. The van der Waals surface area contributed by atoms with Crippen molar-refractivity contribution in [1.29, 1.82) is 0 Å². The zero-order chi connectivity index (χ0) is 12.8. The fraction of sp³-hybridized carbons (Fsp3) is 0.500. The highest BCUT2D eigenvalue weighted by Gasteiger charge is 2.05. The van der Waals surface area contributed by atoms with E-state index in [-0.39, 0.29) is 12.5 Å². The van der Waals surface area contributed by atoms with Gasteiger partial charge < -0.3 is 10.1 Å². The van der Waals surface area contributed by atoms with Crippen LogP contribution in [0.3, 0.4) is 0 Å². The molecule has 3 heteroatoms. The van der Waals surface area contributed by atoms with Crippen LogP contribution < -0.4 is 10.1 Å². The number of carbonyl (C=O) groups is 1. The maximum atomic E-state index is 11.4. The summed E-state index contributed by atoms with van der Waals surface area (Å²) in [6.45, 7) is 8.91. The molecule has 3 nitrogen and oxygen atoms in total. The Bertz CT molecular complexity index is 399. The van der Waals surface area contributed by atoms with E-state index in [9.17, 15) is 4.79 Å². The van der Waals surface area contributed by atoms with E-state index >= 15 is 0 Å². The van der Waals surface area contributed by atoms with Crippen LogP contribution in [0.4, 0.5) is 0 Å². The molecule has 1 amide bonds. The molecule has 0 saturated carbocycles. The quantitative estimate of drug-likeness (QED) is 0.851. The molecule has 0 radical (unpaired) electrons. The first kappa shape index (κ1) is 13.6. The molecule has 0 heterocycles. The third-order valence-corrected chi connectivity index (χ3v) is 2.72. The Morgan fingerprint density at radius 1 is 1.18 bits per heavy atom. The van der Waals surface area contributed by atoms with Gasteiger partial charge in [-0.25, -0.2) is 0 Å². The number of amides is 1. The lowest BCUT2D eigenvalue weighted by Crippen LogP contribution is -2.29. The topological polar surface area (TPSA) is 38.3 Å². The summed E-state index contributed by atoms with van der Waals surface area (Å²) in [6.07, 6.45) is 0.939. The minimum absolute atomic E-state index is 0.0653. The predicted molar refractivity (Wildman–Crippen MR) is 69.4 cm³/mol. The van der Waals surface area contributed by atoms with Gasteiger partial charge in [0.2, 0.25) is 0 Å². The molecular weight excluding hydrogens is 214 g/mol. The van der Waals surface area contributed by atoms with Crippen molar-refractivity contribution in [3.63, 3.8) is 0 Å². The highest BCUT2D eigenvalue weighted by atomic mass is 16.5. The summed E-state index contributed by atoms with van der Waals surface area (Å²) in [5.41, 5.74) is 3.49. The van der Waals surface area contributed by atoms with Gasteiger partial charge in [-0.05, 0) is 49.9 Å². The molecule has 1 N–H and O–H groups in total. The van der Waals surface area contributed by atoms with Crippen molar-refractivity contribution in [2.24, 2.45) is 0 Å². The molecule has 0 aromatic heterocycles. The summed E-state index contributed by atoms with van der Waals surface area (Å²) in [7, 11) is 0. The average Bonchev–Trinajstić information content (AvgIpc) is 2.29. The van der Waals surface area contributed by atoms with Gasteiger partial charge in [-0.1, -0.05) is 13.0 Å². The van der Waals surface area contributed by atoms with Gasteiger partial charge >= 0.3 is 0 Å². The average molecular weight is 235 g/mol. The molecule has 1 aromatic rings. The molecule has 0 aliphatic heterocycles. The molecule has 1 rings (SSSR count). The van der Waals surface area contributed by atoms with Crippen LogP contribution in [0, 0.1) is 20.8 Å². The van der Waals surface area contributed by atoms with Crippen molar-refractivity contribution < 1.29 is 9.53 Å². The summed E-state index contributed by atoms with van der Waals surface area (Å²) < 4.78 is 5.52. The van der Waals surface area contributed by atoms with Crippen LogP contribution >= 0.6 is 0 Å². The Hall–Kier alpha value is -1.51. The first-order valence-electron chi connectivity index (χ1n) is 6.02. The molecule has 0 saturated heterocycles. The van der Waals surface area contributed by atoms with E-state index in [1.165, 1.54) is 11.1 Å². The minimum Gasteiger partial charge on any atom is -0.483 e. The van der Waals surface area contributed by atoms with Crippen LogP contribution in [0.25, 0.3) is 0 Å². The van der Waals surface area contributed by atoms with Gasteiger partial charge in [0.1, 0.15) is 5.75 Å². The van der Waals surface area contributed by atoms with Gasteiger partial charge in [-0.15, -0.1) is 0 Å². The Morgan fingerprint density at radius 3 is 2.47 bits per heavy atom. The smallest absolute Gasteiger partial charge is 0.257 e. The van der Waals surface area contributed by atoms with Gasteiger partial charge in [0, 0.05) is 6.54 Å². The molecular formula is C14H21NO2. The SMILES string of the molecule is CCCNC(=O)COc1cc(C)c(C)cc1C. The number of nitrogens with one attached hydrogen (secondary N) is 1. The van der Waals surface area contributed by atoms with Gasteiger partial charge in [0.25, 0.3) is 5.91 Å². The van der Waals surface area contributed by atoms with E-state index in [0.717, 1.165) is 17.7 Å². The van der Waals surface area contributed by atoms with Crippen LogP contribution in [0.2, 0.25) is 0 Å². The summed E-state index contributed by atoms with van der Waals surface area (Å²) in [5.74, 6) is 0.726. The minimum atomic E-state index is -0.0653. The molecule has 0 fully saturated rings. The summed E-state index contributed by atoms with van der Waals surface area (Å²) in [5, 5.41) is 2.78. The molecule has 0 aliphatic carbocycles. The second-order valence-electron chi connectivity index (χ2n) is 4.34. The van der Waals surface area contributed by atoms with Gasteiger partial charge in [0.05, 0.1) is 0 Å². The standard InChI is InChI=1S/C14H21NO2/c1-5-6-15-14(16)9-17-13-8-11(3)10(2)7-12(13)4/h7-8H,5-6,9H2,1-4H3,(H,15,16). The number of hydrogen-bond acceptors (Lipinski definition) is 2. The number of hydrogen-bond donors (Lipinski definition) is 1. The Kier molecular flexibility index (Phi) is 5.01. The molecule has 0 atom stereocenters. The van der Waals surface area contributed by atoms with Gasteiger partial charge in [-0.2, -0.15) is 0 Å². The van der Waals surface area contributed by atoms with Crippen LogP contribution in [-0.4, -0.2) is 19.1 Å². The third-order valence-electron chi connectivity index (χ3n) is 2.72. The zero-order valence-corrected chi connectivity index (χ0v) is 11.1. The number of carbonyl (C=O) groups excluding carboxylic acids is 1. The molecule has 94 valence electrons. The maximum absolute atomic E-state index is 11.4. The predicted octanol–water partition coefficient (Wildman–Crippen LogP) is 2.52. The van der Waals surface area contributed by atoms with E-state index < -0.39 is 0 Å². The van der Waals surface area contributed by atoms with E-state index in [1.807, 2.05) is 26.8 Å². The summed E-state index contributed by atoms with van der Waals surface area (Å²) in [4.78, 5) is 11.4. The Morgan fingerprint density at radius 2 is 1.82 bits per heavy atom. The largest absolute Gasteiger partial charge is 0.483 e. The van der Waals surface area contributed by atoms with Crippen molar-refractivity contribution in [3.8, 4) is 5.75 Å². The first-order valence-corrected chi connectivity index (χ1v) is 6.02. The van der Waals surface area contributed by atoms with Crippen molar-refractivity contribution in [1.82, 2.24) is 5.32 Å². The number of aryl methyl sites for hydroxylation is 3. The summed E-state index contributed by atoms with van der Waals surface area (Å²) in [6, 6.07) is 4.06. The van der Waals surface area contributed by atoms with Gasteiger partial charge in [0.15, 0.2) is 6.61 Å². The normalized spacial score (nSPS) is 10.1.